The summed E-state index contributed by atoms with van der Waals surface area (Å²) in [7, 11) is 0. The Morgan fingerprint density at radius 3 is 2.67 bits per heavy atom. The smallest absolute Gasteiger partial charge is 0.125 e. The third kappa shape index (κ3) is 4.29. The molecule has 0 fully saturated rings. The molecule has 0 amide bonds. The number of rotatable bonds is 8. The van der Waals surface area contributed by atoms with Gasteiger partial charge in [-0.2, -0.15) is 0 Å². The summed E-state index contributed by atoms with van der Waals surface area (Å²) in [6, 6.07) is 10.3. The van der Waals surface area contributed by atoms with Crippen LogP contribution in [0.4, 0.5) is 5.69 Å². The molecule has 1 N–H and O–H groups in total. The van der Waals surface area contributed by atoms with Crippen LogP contribution < -0.4 is 5.32 Å². The maximum atomic E-state index is 5.88. The van der Waals surface area contributed by atoms with E-state index in [0.717, 1.165) is 42.4 Å². The fourth-order valence-electron chi connectivity index (χ4n) is 2.19. The lowest BCUT2D eigenvalue weighted by Gasteiger charge is -2.25. The van der Waals surface area contributed by atoms with Crippen molar-refractivity contribution in [2.24, 2.45) is 0 Å². The number of aromatic nitrogens is 1. The van der Waals surface area contributed by atoms with E-state index in [-0.39, 0.29) is 5.60 Å². The van der Waals surface area contributed by atoms with E-state index < -0.39 is 0 Å². The highest BCUT2D eigenvalue weighted by Gasteiger charge is 2.28. The van der Waals surface area contributed by atoms with Gasteiger partial charge in [0.25, 0.3) is 0 Å². The van der Waals surface area contributed by atoms with Gasteiger partial charge in [-0.25, -0.2) is 4.98 Å². The van der Waals surface area contributed by atoms with Crippen LogP contribution in [0.5, 0.6) is 0 Å². The van der Waals surface area contributed by atoms with E-state index in [2.05, 4.69) is 36.7 Å². The summed E-state index contributed by atoms with van der Waals surface area (Å²) >= 11 is 1.70. The number of benzene rings is 1. The number of nitrogens with one attached hydrogen (secondary N) is 1. The maximum absolute atomic E-state index is 5.88. The lowest BCUT2D eigenvalue weighted by Crippen LogP contribution is -2.25. The van der Waals surface area contributed by atoms with E-state index in [9.17, 15) is 0 Å². The fraction of sp³-hybridized carbons (Fsp3) is 0.471. The van der Waals surface area contributed by atoms with E-state index in [1.807, 2.05) is 25.1 Å². The van der Waals surface area contributed by atoms with Crippen LogP contribution >= 0.6 is 11.3 Å². The molecule has 0 bridgehead atoms. The zero-order valence-electron chi connectivity index (χ0n) is 13.1. The molecule has 4 heteroatoms. The van der Waals surface area contributed by atoms with Crippen molar-refractivity contribution in [3.63, 3.8) is 0 Å². The Kier molecular flexibility index (Phi) is 5.76. The Bertz CT molecular complexity index is 541. The SMILES string of the molecule is CCOC(C)(CC)c1nc(CCNc2ccccc2)cs1. The first kappa shape index (κ1) is 16.0. The van der Waals surface area contributed by atoms with E-state index in [1.54, 1.807) is 11.3 Å². The second kappa shape index (κ2) is 7.57. The molecule has 0 radical (unpaired) electrons. The van der Waals surface area contributed by atoms with Crippen molar-refractivity contribution in [2.45, 2.75) is 39.2 Å². The molecule has 0 saturated heterocycles. The molecule has 1 aromatic heterocycles. The standard InChI is InChI=1S/C17H24N2OS/c1-4-17(3,20-5-2)16-19-15(13-21-16)11-12-18-14-9-7-6-8-10-14/h6-10,13,18H,4-5,11-12H2,1-3H3. The molecule has 3 nitrogen and oxygen atoms in total. The van der Waals surface area contributed by atoms with E-state index in [4.69, 9.17) is 9.72 Å². The lowest BCUT2D eigenvalue weighted by atomic mass is 10.0. The summed E-state index contributed by atoms with van der Waals surface area (Å²) in [4.78, 5) is 4.76. The first-order chi connectivity index (χ1) is 10.2. The predicted molar refractivity (Wildman–Crippen MR) is 90.0 cm³/mol. The van der Waals surface area contributed by atoms with Crippen LogP contribution in [0.25, 0.3) is 0 Å². The van der Waals surface area contributed by atoms with Gasteiger partial charge in [-0.3, -0.25) is 0 Å². The zero-order chi connectivity index (χ0) is 15.1. The van der Waals surface area contributed by atoms with Crippen molar-refractivity contribution in [2.75, 3.05) is 18.5 Å². The van der Waals surface area contributed by atoms with E-state index >= 15 is 0 Å². The molecule has 0 aliphatic heterocycles. The first-order valence-electron chi connectivity index (χ1n) is 7.55. The highest BCUT2D eigenvalue weighted by molar-refractivity contribution is 7.09. The minimum Gasteiger partial charge on any atom is -0.385 e. The Hall–Kier alpha value is -1.39. The van der Waals surface area contributed by atoms with Crippen molar-refractivity contribution in [3.8, 4) is 0 Å². The number of thiazole rings is 1. The van der Waals surface area contributed by atoms with Gasteiger partial charge >= 0.3 is 0 Å². The van der Waals surface area contributed by atoms with Gasteiger partial charge in [-0.15, -0.1) is 11.3 Å². The Balaban J connectivity index is 1.91. The topological polar surface area (TPSA) is 34.1 Å². The van der Waals surface area contributed by atoms with Crippen molar-refractivity contribution >= 4 is 17.0 Å². The quantitative estimate of drug-likeness (QED) is 0.782. The second-order valence-electron chi connectivity index (χ2n) is 5.20. The average molecular weight is 304 g/mol. The summed E-state index contributed by atoms with van der Waals surface area (Å²) in [6.45, 7) is 7.92. The van der Waals surface area contributed by atoms with Gasteiger partial charge in [0.05, 0.1) is 5.69 Å². The van der Waals surface area contributed by atoms with Crippen molar-refractivity contribution in [1.82, 2.24) is 4.98 Å². The largest absolute Gasteiger partial charge is 0.385 e. The highest BCUT2D eigenvalue weighted by atomic mass is 32.1. The van der Waals surface area contributed by atoms with Crippen molar-refractivity contribution in [3.05, 3.63) is 46.4 Å². The van der Waals surface area contributed by atoms with Gasteiger partial charge in [-0.05, 0) is 32.4 Å². The molecule has 1 unspecified atom stereocenters. The summed E-state index contributed by atoms with van der Waals surface area (Å²) < 4.78 is 5.88. The number of hydrogen-bond donors (Lipinski definition) is 1. The van der Waals surface area contributed by atoms with Crippen LogP contribution in [-0.4, -0.2) is 18.1 Å². The number of para-hydroxylation sites is 1. The van der Waals surface area contributed by atoms with E-state index in [1.165, 1.54) is 0 Å². The van der Waals surface area contributed by atoms with Crippen LogP contribution in [0.1, 0.15) is 37.9 Å². The normalized spacial score (nSPS) is 13.9. The van der Waals surface area contributed by atoms with Gasteiger partial charge < -0.3 is 10.1 Å². The molecule has 114 valence electrons. The Labute approximate surface area is 131 Å². The summed E-state index contributed by atoms with van der Waals surface area (Å²) in [6.07, 6.45) is 1.87. The highest BCUT2D eigenvalue weighted by Crippen LogP contribution is 2.31. The summed E-state index contributed by atoms with van der Waals surface area (Å²) in [5, 5.41) is 6.65. The molecule has 0 aliphatic carbocycles. The molecule has 0 saturated carbocycles. The molecule has 2 aromatic rings. The minimum atomic E-state index is -0.246. The Morgan fingerprint density at radius 1 is 1.24 bits per heavy atom. The molecule has 2 rings (SSSR count). The van der Waals surface area contributed by atoms with Crippen LogP contribution in [-0.2, 0) is 16.8 Å². The monoisotopic (exact) mass is 304 g/mol. The summed E-state index contributed by atoms with van der Waals surface area (Å²) in [5.74, 6) is 0. The number of anilines is 1. The Morgan fingerprint density at radius 2 is 2.00 bits per heavy atom. The van der Waals surface area contributed by atoms with Gasteiger partial charge in [0.1, 0.15) is 10.6 Å². The van der Waals surface area contributed by atoms with Gasteiger partial charge in [0, 0.05) is 30.6 Å². The van der Waals surface area contributed by atoms with Crippen LogP contribution in [0, 0.1) is 0 Å². The average Bonchev–Trinajstić information content (AvgIpc) is 2.98. The predicted octanol–water partition coefficient (Wildman–Crippen LogP) is 4.46. The number of hydrogen-bond acceptors (Lipinski definition) is 4. The molecule has 0 spiro atoms. The molecular weight excluding hydrogens is 280 g/mol. The molecule has 1 aromatic carbocycles. The lowest BCUT2D eigenvalue weighted by molar-refractivity contribution is -0.0325. The molecule has 21 heavy (non-hydrogen) atoms. The van der Waals surface area contributed by atoms with Crippen LogP contribution in [0.2, 0.25) is 0 Å². The second-order valence-corrected chi connectivity index (χ2v) is 6.06. The van der Waals surface area contributed by atoms with Gasteiger partial charge in [0.2, 0.25) is 0 Å². The van der Waals surface area contributed by atoms with Gasteiger partial charge in [0.15, 0.2) is 0 Å². The van der Waals surface area contributed by atoms with Crippen molar-refractivity contribution < 1.29 is 4.74 Å². The molecule has 1 heterocycles. The third-order valence-corrected chi connectivity index (χ3v) is 4.76. The van der Waals surface area contributed by atoms with Crippen molar-refractivity contribution in [1.29, 1.82) is 0 Å². The molecular formula is C17H24N2OS. The summed E-state index contributed by atoms with van der Waals surface area (Å²) in [5.41, 5.74) is 2.04. The van der Waals surface area contributed by atoms with Crippen LogP contribution in [0.3, 0.4) is 0 Å². The number of nitrogens with zero attached hydrogens (tertiary/aromatic N) is 1. The number of ether oxygens (including phenoxy) is 1. The molecule has 0 aliphatic rings. The minimum absolute atomic E-state index is 0.246. The fourth-order valence-corrected chi connectivity index (χ4v) is 3.23. The first-order valence-corrected chi connectivity index (χ1v) is 8.43. The van der Waals surface area contributed by atoms with Crippen LogP contribution in [0.15, 0.2) is 35.7 Å². The third-order valence-electron chi connectivity index (χ3n) is 3.63. The maximum Gasteiger partial charge on any atom is 0.125 e. The molecule has 1 atom stereocenters. The van der Waals surface area contributed by atoms with Gasteiger partial charge in [-0.1, -0.05) is 25.1 Å². The zero-order valence-corrected chi connectivity index (χ0v) is 13.9. The van der Waals surface area contributed by atoms with E-state index in [0.29, 0.717) is 0 Å².